The van der Waals surface area contributed by atoms with Crippen LogP contribution in [-0.2, 0) is 14.8 Å². The summed E-state index contributed by atoms with van der Waals surface area (Å²) in [6.45, 7) is 1.84. The molecule has 0 aliphatic carbocycles. The van der Waals surface area contributed by atoms with Crippen LogP contribution in [0.2, 0.25) is 0 Å². The standard InChI is InChI=1S/C9H17F3N2O3S/c10-9(11,12)2-1-5-18(15,16)14-7-8-6-13-3-4-17-8/h8,13-14H,1-7H2. The van der Waals surface area contributed by atoms with Gasteiger partial charge in [-0.25, -0.2) is 13.1 Å². The summed E-state index contributed by atoms with van der Waals surface area (Å²) in [5.41, 5.74) is 0. The van der Waals surface area contributed by atoms with Crippen LogP contribution < -0.4 is 10.0 Å². The molecule has 0 spiro atoms. The lowest BCUT2D eigenvalue weighted by Gasteiger charge is -2.23. The Morgan fingerprint density at radius 1 is 1.39 bits per heavy atom. The minimum absolute atomic E-state index is 0.0847. The minimum Gasteiger partial charge on any atom is -0.374 e. The van der Waals surface area contributed by atoms with Crippen molar-refractivity contribution in [3.63, 3.8) is 0 Å². The van der Waals surface area contributed by atoms with Crippen molar-refractivity contribution in [3.05, 3.63) is 0 Å². The summed E-state index contributed by atoms with van der Waals surface area (Å²) in [7, 11) is -3.66. The molecule has 1 atom stereocenters. The number of nitrogens with one attached hydrogen (secondary N) is 2. The van der Waals surface area contributed by atoms with Crippen LogP contribution in [0, 0.1) is 0 Å². The second kappa shape index (κ2) is 6.69. The van der Waals surface area contributed by atoms with Crippen LogP contribution in [0.4, 0.5) is 13.2 Å². The highest BCUT2D eigenvalue weighted by Crippen LogP contribution is 2.21. The van der Waals surface area contributed by atoms with Gasteiger partial charge in [-0.1, -0.05) is 0 Å². The van der Waals surface area contributed by atoms with Crippen molar-refractivity contribution in [3.8, 4) is 0 Å². The zero-order chi connectivity index (χ0) is 13.6. The Morgan fingerprint density at radius 3 is 2.67 bits per heavy atom. The van der Waals surface area contributed by atoms with E-state index in [1.165, 1.54) is 0 Å². The van der Waals surface area contributed by atoms with Gasteiger partial charge < -0.3 is 10.1 Å². The Hall–Kier alpha value is -0.380. The Morgan fingerprint density at radius 2 is 2.11 bits per heavy atom. The SMILES string of the molecule is O=S(=O)(CCCC(F)(F)F)NCC1CNCCO1. The van der Waals surface area contributed by atoms with Crippen LogP contribution in [0.5, 0.6) is 0 Å². The van der Waals surface area contributed by atoms with Crippen molar-refractivity contribution in [2.75, 3.05) is 32.0 Å². The summed E-state index contributed by atoms with van der Waals surface area (Å²) >= 11 is 0. The number of halogens is 3. The van der Waals surface area contributed by atoms with E-state index < -0.39 is 34.8 Å². The Balaban J connectivity index is 2.22. The second-order valence-electron chi connectivity index (χ2n) is 4.08. The highest BCUT2D eigenvalue weighted by Gasteiger charge is 2.27. The molecule has 0 bridgehead atoms. The fraction of sp³-hybridized carbons (Fsp3) is 1.00. The smallest absolute Gasteiger partial charge is 0.374 e. The van der Waals surface area contributed by atoms with Crippen LogP contribution in [0.1, 0.15) is 12.8 Å². The van der Waals surface area contributed by atoms with Crippen LogP contribution in [0.25, 0.3) is 0 Å². The first-order valence-corrected chi connectivity index (χ1v) is 7.30. The van der Waals surface area contributed by atoms with Gasteiger partial charge in [0.2, 0.25) is 10.0 Å². The molecule has 1 heterocycles. The number of alkyl halides is 3. The van der Waals surface area contributed by atoms with Gasteiger partial charge in [-0.3, -0.25) is 0 Å². The zero-order valence-electron chi connectivity index (χ0n) is 9.79. The van der Waals surface area contributed by atoms with Crippen molar-refractivity contribution in [2.24, 2.45) is 0 Å². The zero-order valence-corrected chi connectivity index (χ0v) is 10.6. The molecule has 0 radical (unpaired) electrons. The lowest BCUT2D eigenvalue weighted by molar-refractivity contribution is -0.134. The van der Waals surface area contributed by atoms with Gasteiger partial charge in [0.05, 0.1) is 18.5 Å². The lowest BCUT2D eigenvalue weighted by Crippen LogP contribution is -2.45. The summed E-state index contributed by atoms with van der Waals surface area (Å²) in [5.74, 6) is -0.521. The van der Waals surface area contributed by atoms with Crippen LogP contribution in [0.3, 0.4) is 0 Å². The van der Waals surface area contributed by atoms with E-state index >= 15 is 0 Å². The average molecular weight is 290 g/mol. The Kier molecular flexibility index (Phi) is 5.83. The van der Waals surface area contributed by atoms with Gasteiger partial charge in [0.15, 0.2) is 0 Å². The molecule has 9 heteroatoms. The number of rotatable bonds is 6. The highest BCUT2D eigenvalue weighted by molar-refractivity contribution is 7.89. The summed E-state index contributed by atoms with van der Waals surface area (Å²) in [6.07, 6.45) is -6.10. The molecule has 0 amide bonds. The molecule has 2 N–H and O–H groups in total. The van der Waals surface area contributed by atoms with Gasteiger partial charge in [-0.15, -0.1) is 0 Å². The Labute approximate surface area is 104 Å². The molecule has 1 fully saturated rings. The van der Waals surface area contributed by atoms with Crippen LogP contribution in [-0.4, -0.2) is 52.7 Å². The first kappa shape index (κ1) is 15.7. The molecular weight excluding hydrogens is 273 g/mol. The first-order valence-electron chi connectivity index (χ1n) is 5.65. The maximum atomic E-state index is 11.9. The van der Waals surface area contributed by atoms with E-state index in [1.54, 1.807) is 0 Å². The molecule has 108 valence electrons. The van der Waals surface area contributed by atoms with Gasteiger partial charge in [0.1, 0.15) is 0 Å². The van der Waals surface area contributed by atoms with Crippen molar-refractivity contribution in [1.29, 1.82) is 0 Å². The second-order valence-corrected chi connectivity index (χ2v) is 6.01. The van der Waals surface area contributed by atoms with E-state index in [0.717, 1.165) is 6.54 Å². The van der Waals surface area contributed by atoms with E-state index in [9.17, 15) is 21.6 Å². The van der Waals surface area contributed by atoms with Crippen molar-refractivity contribution in [2.45, 2.75) is 25.1 Å². The average Bonchev–Trinajstić information content (AvgIpc) is 2.26. The van der Waals surface area contributed by atoms with Gasteiger partial charge in [-0.2, -0.15) is 13.2 Å². The summed E-state index contributed by atoms with van der Waals surface area (Å²) in [5, 5.41) is 3.03. The minimum atomic E-state index is -4.31. The molecule has 0 aromatic carbocycles. The fourth-order valence-corrected chi connectivity index (χ4v) is 2.61. The quantitative estimate of drug-likeness (QED) is 0.735. The molecule has 0 aromatic heterocycles. The molecule has 1 unspecified atom stereocenters. The van der Waals surface area contributed by atoms with Gasteiger partial charge in [0, 0.05) is 26.1 Å². The monoisotopic (exact) mass is 290 g/mol. The summed E-state index contributed by atoms with van der Waals surface area (Å²) in [4.78, 5) is 0. The van der Waals surface area contributed by atoms with Crippen LogP contribution in [0.15, 0.2) is 0 Å². The fourth-order valence-electron chi connectivity index (χ4n) is 1.51. The number of hydrogen-bond acceptors (Lipinski definition) is 4. The number of sulfonamides is 1. The molecule has 5 nitrogen and oxygen atoms in total. The molecule has 1 aliphatic rings. The summed E-state index contributed by atoms with van der Waals surface area (Å²) in [6, 6.07) is 0. The van der Waals surface area contributed by atoms with Gasteiger partial charge in [-0.05, 0) is 6.42 Å². The third-order valence-corrected chi connectivity index (χ3v) is 3.84. The molecule has 18 heavy (non-hydrogen) atoms. The van der Waals surface area contributed by atoms with Gasteiger partial charge in [0.25, 0.3) is 0 Å². The predicted octanol–water partition coefficient (Wildman–Crippen LogP) is 0.237. The van der Waals surface area contributed by atoms with Crippen molar-refractivity contribution < 1.29 is 26.3 Å². The van der Waals surface area contributed by atoms with E-state index in [2.05, 4.69) is 10.0 Å². The molecule has 1 aliphatic heterocycles. The third-order valence-electron chi connectivity index (χ3n) is 2.41. The summed E-state index contributed by atoms with van der Waals surface area (Å²) < 4.78 is 65.9. The molecule has 1 saturated heterocycles. The van der Waals surface area contributed by atoms with E-state index in [1.807, 2.05) is 0 Å². The molecule has 0 saturated carbocycles. The van der Waals surface area contributed by atoms with E-state index in [0.29, 0.717) is 13.2 Å². The molecule has 0 aromatic rings. The van der Waals surface area contributed by atoms with E-state index in [-0.39, 0.29) is 12.6 Å². The third kappa shape index (κ3) is 7.14. The topological polar surface area (TPSA) is 67.4 Å². The lowest BCUT2D eigenvalue weighted by atomic mass is 10.3. The maximum Gasteiger partial charge on any atom is 0.389 e. The molecular formula is C9H17F3N2O3S. The van der Waals surface area contributed by atoms with E-state index in [4.69, 9.17) is 4.74 Å². The van der Waals surface area contributed by atoms with Crippen LogP contribution >= 0.6 is 0 Å². The maximum absolute atomic E-state index is 11.9. The number of hydrogen-bond donors (Lipinski definition) is 2. The largest absolute Gasteiger partial charge is 0.389 e. The molecule has 1 rings (SSSR count). The first-order chi connectivity index (χ1) is 8.29. The van der Waals surface area contributed by atoms with Crippen molar-refractivity contribution >= 4 is 10.0 Å². The predicted molar refractivity (Wildman–Crippen MR) is 59.7 cm³/mol. The normalized spacial score (nSPS) is 22.1. The Bertz CT molecular complexity index is 339. The number of morpholine rings is 1. The van der Waals surface area contributed by atoms with Gasteiger partial charge >= 0.3 is 6.18 Å². The number of ether oxygens (including phenoxy) is 1. The highest BCUT2D eigenvalue weighted by atomic mass is 32.2. The van der Waals surface area contributed by atoms with Crippen molar-refractivity contribution in [1.82, 2.24) is 10.0 Å².